The van der Waals surface area contributed by atoms with Crippen molar-refractivity contribution in [1.29, 1.82) is 0 Å². The normalized spacial score (nSPS) is 12.0. The molecule has 5 heteroatoms. The molecule has 0 radical (unpaired) electrons. The first kappa shape index (κ1) is 15.4. The smallest absolute Gasteiger partial charge is 0.293 e. The lowest BCUT2D eigenvalue weighted by atomic mass is 10.2. The van der Waals surface area contributed by atoms with Gasteiger partial charge in [0.05, 0.1) is 10.7 Å². The maximum Gasteiger partial charge on any atom is 0.293 e. The molecular formula is C16H17ClFN2O+. The zero-order valence-electron chi connectivity index (χ0n) is 12.2. The van der Waals surface area contributed by atoms with Crippen molar-refractivity contribution in [3.63, 3.8) is 0 Å². The highest BCUT2D eigenvalue weighted by atomic mass is 35.5. The van der Waals surface area contributed by atoms with Gasteiger partial charge < -0.3 is 5.32 Å². The standard InChI is InChI=1S/C16H16ClFN2O/c1-10-5-4-8-20(11(10)2)12(3)16(21)19-15-7-6-13(18)9-14(15)17/h4-9,12H,1-3H3/p+1/t12-/m1/s1. The average molecular weight is 308 g/mol. The third kappa shape index (κ3) is 3.39. The number of hydrogen-bond donors (Lipinski definition) is 1. The number of benzene rings is 1. The Morgan fingerprint density at radius 3 is 2.71 bits per heavy atom. The molecule has 1 heterocycles. The van der Waals surface area contributed by atoms with Gasteiger partial charge in [0.2, 0.25) is 6.04 Å². The number of nitrogens with one attached hydrogen (secondary N) is 1. The van der Waals surface area contributed by atoms with Gasteiger partial charge in [-0.1, -0.05) is 11.6 Å². The number of pyridine rings is 1. The molecule has 1 amide bonds. The zero-order chi connectivity index (χ0) is 15.6. The monoisotopic (exact) mass is 307 g/mol. The van der Waals surface area contributed by atoms with Crippen LogP contribution in [0, 0.1) is 19.7 Å². The van der Waals surface area contributed by atoms with E-state index in [-0.39, 0.29) is 10.9 Å². The van der Waals surface area contributed by atoms with E-state index in [0.717, 1.165) is 11.3 Å². The van der Waals surface area contributed by atoms with E-state index in [2.05, 4.69) is 5.32 Å². The number of aryl methyl sites for hydroxylation is 1. The summed E-state index contributed by atoms with van der Waals surface area (Å²) in [5.74, 6) is -0.642. The van der Waals surface area contributed by atoms with Gasteiger partial charge in [0.25, 0.3) is 5.91 Å². The minimum Gasteiger partial charge on any atom is -0.319 e. The van der Waals surface area contributed by atoms with E-state index in [9.17, 15) is 9.18 Å². The molecule has 0 bridgehead atoms. The van der Waals surface area contributed by atoms with Gasteiger partial charge in [-0.15, -0.1) is 0 Å². The predicted molar refractivity (Wildman–Crippen MR) is 80.9 cm³/mol. The fourth-order valence-electron chi connectivity index (χ4n) is 2.09. The first-order chi connectivity index (χ1) is 9.90. The van der Waals surface area contributed by atoms with Crippen LogP contribution in [0.5, 0.6) is 0 Å². The van der Waals surface area contributed by atoms with Gasteiger partial charge in [0.1, 0.15) is 5.82 Å². The third-order valence-corrected chi connectivity index (χ3v) is 3.85. The van der Waals surface area contributed by atoms with E-state index in [1.54, 1.807) is 6.92 Å². The Bertz CT molecular complexity index is 688. The molecule has 0 spiro atoms. The second-order valence-electron chi connectivity index (χ2n) is 4.97. The molecular weight excluding hydrogens is 291 g/mol. The van der Waals surface area contributed by atoms with Gasteiger partial charge in [-0.25, -0.2) is 4.39 Å². The van der Waals surface area contributed by atoms with Gasteiger partial charge >= 0.3 is 0 Å². The molecule has 2 aromatic rings. The minimum atomic E-state index is -0.435. The highest BCUT2D eigenvalue weighted by Crippen LogP contribution is 2.23. The van der Waals surface area contributed by atoms with E-state index >= 15 is 0 Å². The molecule has 21 heavy (non-hydrogen) atoms. The summed E-state index contributed by atoms with van der Waals surface area (Å²) in [7, 11) is 0. The molecule has 2 rings (SSSR count). The Morgan fingerprint density at radius 2 is 2.05 bits per heavy atom. The maximum absolute atomic E-state index is 13.0. The van der Waals surface area contributed by atoms with Crippen molar-refractivity contribution in [3.8, 4) is 0 Å². The average Bonchev–Trinajstić information content (AvgIpc) is 2.44. The summed E-state index contributed by atoms with van der Waals surface area (Å²) in [5.41, 5.74) is 2.53. The molecule has 0 aliphatic rings. The summed E-state index contributed by atoms with van der Waals surface area (Å²) in [6.07, 6.45) is 1.86. The maximum atomic E-state index is 13.0. The Balaban J connectivity index is 2.22. The van der Waals surface area contributed by atoms with Crippen LogP contribution in [0.15, 0.2) is 36.5 Å². The Kier molecular flexibility index (Phi) is 4.58. The van der Waals surface area contributed by atoms with Crippen LogP contribution in [0.3, 0.4) is 0 Å². The molecule has 0 unspecified atom stereocenters. The topological polar surface area (TPSA) is 33.0 Å². The lowest BCUT2D eigenvalue weighted by molar-refractivity contribution is -0.711. The molecule has 0 fully saturated rings. The van der Waals surface area contributed by atoms with Crippen molar-refractivity contribution in [1.82, 2.24) is 0 Å². The van der Waals surface area contributed by atoms with Crippen molar-refractivity contribution in [2.45, 2.75) is 26.8 Å². The van der Waals surface area contributed by atoms with Gasteiger partial charge in [0, 0.05) is 25.5 Å². The minimum absolute atomic E-state index is 0.182. The highest BCUT2D eigenvalue weighted by Gasteiger charge is 2.25. The zero-order valence-corrected chi connectivity index (χ0v) is 12.9. The number of aromatic nitrogens is 1. The molecule has 1 N–H and O–H groups in total. The Morgan fingerprint density at radius 1 is 1.33 bits per heavy atom. The number of nitrogens with zero attached hydrogens (tertiary/aromatic N) is 1. The molecule has 3 nitrogen and oxygen atoms in total. The van der Waals surface area contributed by atoms with Gasteiger partial charge in [-0.05, 0) is 31.2 Å². The fraction of sp³-hybridized carbons (Fsp3) is 0.250. The number of halogens is 2. The number of carbonyl (C=O) groups excluding carboxylic acids is 1. The van der Waals surface area contributed by atoms with Gasteiger partial charge in [-0.2, -0.15) is 4.57 Å². The van der Waals surface area contributed by atoms with Gasteiger partial charge in [0.15, 0.2) is 11.9 Å². The van der Waals surface area contributed by atoms with Crippen LogP contribution < -0.4 is 9.88 Å². The SMILES string of the molecule is Cc1ccc[n+]([C@H](C)C(=O)Nc2ccc(F)cc2Cl)c1C. The number of hydrogen-bond acceptors (Lipinski definition) is 1. The molecule has 110 valence electrons. The van der Waals surface area contributed by atoms with Crippen LogP contribution in [0.4, 0.5) is 10.1 Å². The molecule has 1 atom stereocenters. The van der Waals surface area contributed by atoms with Gasteiger partial charge in [-0.3, -0.25) is 4.79 Å². The first-order valence-electron chi connectivity index (χ1n) is 6.63. The summed E-state index contributed by atoms with van der Waals surface area (Å²) in [6.45, 7) is 5.76. The van der Waals surface area contributed by atoms with Crippen LogP contribution in [0.25, 0.3) is 0 Å². The van der Waals surface area contributed by atoms with E-state index in [1.165, 1.54) is 18.2 Å². The third-order valence-electron chi connectivity index (χ3n) is 3.54. The van der Waals surface area contributed by atoms with Crippen LogP contribution in [0.2, 0.25) is 5.02 Å². The van der Waals surface area contributed by atoms with Crippen LogP contribution in [0.1, 0.15) is 24.2 Å². The second kappa shape index (κ2) is 6.22. The van der Waals surface area contributed by atoms with Crippen molar-refractivity contribution in [3.05, 3.63) is 58.6 Å². The van der Waals surface area contributed by atoms with E-state index in [4.69, 9.17) is 11.6 Å². The van der Waals surface area contributed by atoms with E-state index in [1.807, 2.05) is 36.7 Å². The van der Waals surface area contributed by atoms with Crippen molar-refractivity contribution in [2.24, 2.45) is 0 Å². The van der Waals surface area contributed by atoms with E-state index < -0.39 is 11.9 Å². The fourth-order valence-corrected chi connectivity index (χ4v) is 2.30. The molecule has 0 saturated carbocycles. The Hall–Kier alpha value is -1.94. The summed E-state index contributed by atoms with van der Waals surface area (Å²) >= 11 is 5.92. The molecule has 0 aliphatic heterocycles. The predicted octanol–water partition coefficient (Wildman–Crippen LogP) is 3.58. The first-order valence-corrected chi connectivity index (χ1v) is 7.01. The second-order valence-corrected chi connectivity index (χ2v) is 5.38. The summed E-state index contributed by atoms with van der Waals surface area (Å²) in [5, 5.41) is 2.91. The molecule has 1 aromatic heterocycles. The van der Waals surface area contributed by atoms with Crippen molar-refractivity contribution in [2.75, 3.05) is 5.32 Å². The molecule has 0 aliphatic carbocycles. The summed E-state index contributed by atoms with van der Waals surface area (Å²) < 4.78 is 14.9. The molecule has 1 aromatic carbocycles. The van der Waals surface area contributed by atoms with Crippen LogP contribution in [-0.2, 0) is 4.79 Å². The number of anilines is 1. The lowest BCUT2D eigenvalue weighted by Gasteiger charge is -2.12. The van der Waals surface area contributed by atoms with Crippen molar-refractivity contribution < 1.29 is 13.8 Å². The van der Waals surface area contributed by atoms with E-state index in [0.29, 0.717) is 5.69 Å². The number of carbonyl (C=O) groups is 1. The highest BCUT2D eigenvalue weighted by molar-refractivity contribution is 6.33. The quantitative estimate of drug-likeness (QED) is 0.864. The van der Waals surface area contributed by atoms with Crippen LogP contribution in [-0.4, -0.2) is 5.91 Å². The number of amides is 1. The van der Waals surface area contributed by atoms with Crippen LogP contribution >= 0.6 is 11.6 Å². The molecule has 0 saturated heterocycles. The lowest BCUT2D eigenvalue weighted by Crippen LogP contribution is -2.47. The summed E-state index contributed by atoms with van der Waals surface area (Å²) in [6, 6.07) is 7.38. The summed E-state index contributed by atoms with van der Waals surface area (Å²) in [4.78, 5) is 12.3. The van der Waals surface area contributed by atoms with Crippen molar-refractivity contribution >= 4 is 23.2 Å². The largest absolute Gasteiger partial charge is 0.319 e. The number of rotatable bonds is 3. The Labute approximate surface area is 128 Å².